The van der Waals surface area contributed by atoms with Crippen molar-refractivity contribution in [2.24, 2.45) is 40.2 Å². The number of fused-ring (bicyclic) bond motifs is 2. The maximum atomic E-state index is 13.2. The van der Waals surface area contributed by atoms with Crippen LogP contribution in [0.1, 0.15) is 79.6 Å². The van der Waals surface area contributed by atoms with Gasteiger partial charge in [-0.15, -0.1) is 12.3 Å². The van der Waals surface area contributed by atoms with Gasteiger partial charge in [0, 0.05) is 30.4 Å². The summed E-state index contributed by atoms with van der Waals surface area (Å²) < 4.78 is 7.64. The van der Waals surface area contributed by atoms with E-state index in [1.54, 1.807) is 12.1 Å². The first-order chi connectivity index (χ1) is 21.7. The number of benzene rings is 2. The van der Waals surface area contributed by atoms with Crippen LogP contribution in [-0.4, -0.2) is 40.4 Å². The van der Waals surface area contributed by atoms with Gasteiger partial charge >= 0.3 is 0 Å². The summed E-state index contributed by atoms with van der Waals surface area (Å²) in [5.74, 6) is 4.91. The van der Waals surface area contributed by atoms with Crippen molar-refractivity contribution < 1.29 is 14.6 Å². The number of aliphatic hydroxyl groups is 1. The van der Waals surface area contributed by atoms with Crippen LogP contribution in [0.15, 0.2) is 66.9 Å². The lowest BCUT2D eigenvalue weighted by molar-refractivity contribution is -0.0536. The number of allylic oxidation sites excluding steroid dienone is 1. The number of unbranched alkanes of at least 4 members (excludes halogenated alkanes) is 1. The molecular weight excluding hydrogens is 558 g/mol. The summed E-state index contributed by atoms with van der Waals surface area (Å²) in [6.45, 7) is 10.7. The molecule has 1 heterocycles. The van der Waals surface area contributed by atoms with Gasteiger partial charge < -0.3 is 15.6 Å². The summed E-state index contributed by atoms with van der Waals surface area (Å²) in [6, 6.07) is 14.9. The Kier molecular flexibility index (Phi) is 8.78. The SMILES string of the molecule is C#CCCCOc1ccc(C(=O)c2ccc(-n3cc4c(n3)C[C@H](CO)[C@](C)(C3CCC5(C)C(=C)CCC5C3CN)C4)cc2)cc1. The van der Waals surface area contributed by atoms with Crippen LogP contribution in [0.3, 0.4) is 0 Å². The Hall–Kier alpha value is -3.66. The van der Waals surface area contributed by atoms with Crippen LogP contribution in [0, 0.1) is 46.8 Å². The van der Waals surface area contributed by atoms with Crippen LogP contribution in [0.2, 0.25) is 0 Å². The van der Waals surface area contributed by atoms with Crippen LogP contribution in [0.4, 0.5) is 0 Å². The minimum atomic E-state index is -0.0521. The van der Waals surface area contributed by atoms with Gasteiger partial charge in [-0.05, 0) is 140 Å². The molecule has 0 aliphatic heterocycles. The monoisotopic (exact) mass is 605 g/mol. The van der Waals surface area contributed by atoms with E-state index in [0.29, 0.717) is 48.5 Å². The number of carbonyl (C=O) groups is 1. The first-order valence-corrected chi connectivity index (χ1v) is 16.6. The highest BCUT2D eigenvalue weighted by Crippen LogP contribution is 2.62. The molecule has 2 saturated carbocycles. The quantitative estimate of drug-likeness (QED) is 0.118. The van der Waals surface area contributed by atoms with Gasteiger partial charge in [-0.25, -0.2) is 4.68 Å². The molecule has 3 aliphatic rings. The fourth-order valence-corrected chi connectivity index (χ4v) is 8.97. The van der Waals surface area contributed by atoms with Gasteiger partial charge in [0.05, 0.1) is 18.0 Å². The van der Waals surface area contributed by atoms with Gasteiger partial charge in [0.15, 0.2) is 5.78 Å². The highest BCUT2D eigenvalue weighted by molar-refractivity contribution is 6.09. The van der Waals surface area contributed by atoms with Crippen LogP contribution in [0.5, 0.6) is 5.75 Å². The third-order valence-electron chi connectivity index (χ3n) is 11.8. The van der Waals surface area contributed by atoms with Crippen molar-refractivity contribution in [3.8, 4) is 23.8 Å². The summed E-state index contributed by atoms with van der Waals surface area (Å²) in [7, 11) is 0. The van der Waals surface area contributed by atoms with E-state index in [2.05, 4.69) is 32.5 Å². The second-order valence-electron chi connectivity index (χ2n) is 14.1. The molecule has 6 nitrogen and oxygen atoms in total. The van der Waals surface area contributed by atoms with Gasteiger partial charge in [-0.2, -0.15) is 5.10 Å². The van der Waals surface area contributed by atoms with Gasteiger partial charge in [0.1, 0.15) is 5.75 Å². The number of aromatic nitrogens is 2. The molecule has 3 N–H and O–H groups in total. The minimum Gasteiger partial charge on any atom is -0.494 e. The van der Waals surface area contributed by atoms with E-state index in [0.717, 1.165) is 55.7 Å². The van der Waals surface area contributed by atoms with Crippen molar-refractivity contribution in [1.82, 2.24) is 9.78 Å². The van der Waals surface area contributed by atoms with Crippen molar-refractivity contribution in [1.29, 1.82) is 0 Å². The molecule has 3 aromatic rings. The number of nitrogens with two attached hydrogens (primary N) is 1. The van der Waals surface area contributed by atoms with Crippen molar-refractivity contribution in [2.45, 2.75) is 65.2 Å². The molecule has 4 unspecified atom stereocenters. The number of aliphatic hydroxyl groups excluding tert-OH is 1. The van der Waals surface area contributed by atoms with E-state index >= 15 is 0 Å². The van der Waals surface area contributed by atoms with Crippen LogP contribution >= 0.6 is 0 Å². The second-order valence-corrected chi connectivity index (χ2v) is 14.1. The third kappa shape index (κ3) is 5.66. The number of ketones is 1. The zero-order valence-corrected chi connectivity index (χ0v) is 26.8. The molecule has 6 heteroatoms. The molecule has 0 radical (unpaired) electrons. The Balaban J connectivity index is 1.17. The first-order valence-electron chi connectivity index (χ1n) is 16.6. The van der Waals surface area contributed by atoms with E-state index in [1.807, 2.05) is 41.1 Å². The molecule has 6 atom stereocenters. The highest BCUT2D eigenvalue weighted by atomic mass is 16.5. The van der Waals surface area contributed by atoms with Crippen molar-refractivity contribution in [3.05, 3.63) is 89.3 Å². The molecule has 0 saturated heterocycles. The summed E-state index contributed by atoms with van der Waals surface area (Å²) in [4.78, 5) is 13.2. The molecule has 0 amide bonds. The van der Waals surface area contributed by atoms with Gasteiger partial charge in [-0.1, -0.05) is 26.0 Å². The number of rotatable bonds is 10. The number of hydrogen-bond donors (Lipinski definition) is 2. The average Bonchev–Trinajstić information content (AvgIpc) is 3.61. The lowest BCUT2D eigenvalue weighted by Gasteiger charge is -2.55. The lowest BCUT2D eigenvalue weighted by atomic mass is 9.49. The highest BCUT2D eigenvalue weighted by Gasteiger charge is 2.56. The largest absolute Gasteiger partial charge is 0.494 e. The fourth-order valence-electron chi connectivity index (χ4n) is 8.97. The molecule has 236 valence electrons. The molecule has 0 spiro atoms. The predicted octanol–water partition coefficient (Wildman–Crippen LogP) is 6.57. The predicted molar refractivity (Wildman–Crippen MR) is 178 cm³/mol. The number of hydrogen-bond acceptors (Lipinski definition) is 5. The summed E-state index contributed by atoms with van der Waals surface area (Å²) in [6.07, 6.45) is 15.2. The first kappa shape index (κ1) is 31.3. The topological polar surface area (TPSA) is 90.4 Å². The molecule has 2 fully saturated rings. The smallest absolute Gasteiger partial charge is 0.193 e. The number of ether oxygens (including phenoxy) is 1. The van der Waals surface area contributed by atoms with Gasteiger partial charge in [0.25, 0.3) is 0 Å². The van der Waals surface area contributed by atoms with E-state index < -0.39 is 0 Å². The zero-order chi connectivity index (χ0) is 31.8. The maximum Gasteiger partial charge on any atom is 0.193 e. The number of terminal acetylenes is 1. The Labute approximate surface area is 268 Å². The van der Waals surface area contributed by atoms with E-state index in [1.165, 1.54) is 17.6 Å². The molecular formula is C39H47N3O3. The second kappa shape index (κ2) is 12.6. The van der Waals surface area contributed by atoms with Crippen LogP contribution in [0.25, 0.3) is 5.69 Å². The van der Waals surface area contributed by atoms with E-state index in [-0.39, 0.29) is 29.1 Å². The lowest BCUT2D eigenvalue weighted by Crippen LogP contribution is -2.53. The summed E-state index contributed by atoms with van der Waals surface area (Å²) in [5, 5.41) is 15.7. The number of carbonyl (C=O) groups excluding carboxylic acids is 1. The zero-order valence-electron chi connectivity index (χ0n) is 26.8. The normalized spacial score (nSPS) is 29.1. The van der Waals surface area contributed by atoms with E-state index in [4.69, 9.17) is 22.0 Å². The molecule has 45 heavy (non-hydrogen) atoms. The maximum absolute atomic E-state index is 13.2. The van der Waals surface area contributed by atoms with Crippen molar-refractivity contribution >= 4 is 5.78 Å². The molecule has 6 rings (SSSR count). The van der Waals surface area contributed by atoms with Gasteiger partial charge in [-0.3, -0.25) is 4.79 Å². The Bertz CT molecular complexity index is 1580. The molecule has 3 aliphatic carbocycles. The molecule has 1 aromatic heterocycles. The Morgan fingerprint density at radius 3 is 2.51 bits per heavy atom. The van der Waals surface area contributed by atoms with E-state index in [9.17, 15) is 9.90 Å². The van der Waals surface area contributed by atoms with Crippen molar-refractivity contribution in [2.75, 3.05) is 19.8 Å². The van der Waals surface area contributed by atoms with Crippen LogP contribution < -0.4 is 10.5 Å². The summed E-state index contributed by atoms with van der Waals surface area (Å²) in [5.41, 5.74) is 12.6. The summed E-state index contributed by atoms with van der Waals surface area (Å²) >= 11 is 0. The Morgan fingerprint density at radius 1 is 1.13 bits per heavy atom. The van der Waals surface area contributed by atoms with Crippen molar-refractivity contribution in [3.63, 3.8) is 0 Å². The Morgan fingerprint density at radius 2 is 1.84 bits per heavy atom. The molecule has 2 aromatic carbocycles. The average molecular weight is 606 g/mol. The van der Waals surface area contributed by atoms with Crippen LogP contribution in [-0.2, 0) is 12.8 Å². The van der Waals surface area contributed by atoms with Gasteiger partial charge in [0.2, 0.25) is 0 Å². The fraction of sp³-hybridized carbons (Fsp3) is 0.487. The minimum absolute atomic E-state index is 0.0365. The standard InChI is InChI=1S/C39H47N3O3/c1-5-6-7-20-45-32-15-11-28(12-16-32)37(44)27-9-13-31(14-10-27)42-24-29-22-39(4,30(25-43)21-36(29)41-42)35-18-19-38(3)26(2)8-17-34(38)33(35)23-40/h1,9-16,24,30,33-35,43H,2,6-8,17-23,25,40H2,3-4H3/t30-,33?,34?,35?,38?,39-/m1/s1. The molecule has 0 bridgehead atoms. The number of nitrogens with zero attached hydrogens (tertiary/aromatic N) is 2. The third-order valence-corrected chi connectivity index (χ3v) is 11.8.